The summed E-state index contributed by atoms with van der Waals surface area (Å²) in [6.07, 6.45) is -0.376. The maximum absolute atomic E-state index is 13.4. The second-order valence-electron chi connectivity index (χ2n) is 7.70. The van der Waals surface area contributed by atoms with Gasteiger partial charge in [-0.3, -0.25) is 14.2 Å². The molecule has 1 atom stereocenters. The number of carbonyl (C=O) groups is 1. The number of aromatic hydroxyl groups is 1. The molecular formula is C26H25FN2O5. The summed E-state index contributed by atoms with van der Waals surface area (Å²) in [6, 6.07) is 14.3. The van der Waals surface area contributed by atoms with E-state index in [0.29, 0.717) is 12.2 Å². The van der Waals surface area contributed by atoms with Gasteiger partial charge >= 0.3 is 0 Å². The molecule has 1 aromatic heterocycles. The lowest BCUT2D eigenvalue weighted by atomic mass is 9.97. The van der Waals surface area contributed by atoms with Crippen molar-refractivity contribution >= 4 is 5.78 Å². The van der Waals surface area contributed by atoms with Crippen LogP contribution in [0.15, 0.2) is 53.3 Å². The number of nitriles is 1. The van der Waals surface area contributed by atoms with Gasteiger partial charge in [-0.15, -0.1) is 0 Å². The van der Waals surface area contributed by atoms with E-state index in [1.165, 1.54) is 31.2 Å². The molecule has 0 aliphatic heterocycles. The Bertz CT molecular complexity index is 1280. The number of hydrogen-bond donors (Lipinski definition) is 1. The Morgan fingerprint density at radius 2 is 1.76 bits per heavy atom. The molecule has 1 N–H and O–H groups in total. The van der Waals surface area contributed by atoms with E-state index in [0.717, 1.165) is 10.1 Å². The van der Waals surface area contributed by atoms with E-state index in [-0.39, 0.29) is 35.4 Å². The van der Waals surface area contributed by atoms with E-state index in [1.807, 2.05) is 18.2 Å². The molecule has 7 nitrogen and oxygen atoms in total. The van der Waals surface area contributed by atoms with Crippen molar-refractivity contribution in [2.75, 3.05) is 7.11 Å². The lowest BCUT2D eigenvalue weighted by Crippen LogP contribution is -2.32. The lowest BCUT2D eigenvalue weighted by Gasteiger charge is -2.20. The number of aryl methyl sites for hydroxylation is 1. The number of benzene rings is 2. The first-order chi connectivity index (χ1) is 16.3. The molecule has 0 fully saturated rings. The molecule has 0 bridgehead atoms. The number of rotatable bonds is 9. The lowest BCUT2D eigenvalue weighted by molar-refractivity contribution is 0.0781. The molecule has 0 aliphatic carbocycles. The number of hydrogen-bond acceptors (Lipinski definition) is 6. The third kappa shape index (κ3) is 5.09. The summed E-state index contributed by atoms with van der Waals surface area (Å²) in [4.78, 5) is 26.3. The number of aromatic nitrogens is 1. The molecule has 0 saturated heterocycles. The first kappa shape index (κ1) is 24.5. The number of Topliss-reactive ketones (excluding diaryl/α,β-unsaturated/α-hetero) is 1. The van der Waals surface area contributed by atoms with Crippen LogP contribution in [0.5, 0.6) is 17.4 Å². The highest BCUT2D eigenvalue weighted by atomic mass is 19.1. The van der Waals surface area contributed by atoms with Crippen LogP contribution < -0.4 is 15.0 Å². The molecule has 3 aromatic rings. The molecule has 1 unspecified atom stereocenters. The minimum Gasteiger partial charge on any atom is -0.497 e. The van der Waals surface area contributed by atoms with Crippen molar-refractivity contribution in [3.63, 3.8) is 0 Å². The molecule has 0 aliphatic rings. The van der Waals surface area contributed by atoms with Crippen LogP contribution in [0.1, 0.15) is 40.4 Å². The van der Waals surface area contributed by atoms with Crippen molar-refractivity contribution in [1.82, 2.24) is 4.57 Å². The highest BCUT2D eigenvalue weighted by molar-refractivity contribution is 6.03. The molecule has 0 amide bonds. The van der Waals surface area contributed by atoms with Crippen LogP contribution in [-0.4, -0.2) is 28.7 Å². The van der Waals surface area contributed by atoms with Crippen LogP contribution in [0.2, 0.25) is 0 Å². The number of methoxy groups -OCH3 is 1. The van der Waals surface area contributed by atoms with Gasteiger partial charge < -0.3 is 14.6 Å². The molecule has 0 spiro atoms. The number of pyridine rings is 1. The van der Waals surface area contributed by atoms with Gasteiger partial charge in [0.15, 0.2) is 6.10 Å². The summed E-state index contributed by atoms with van der Waals surface area (Å²) in [7, 11) is 1.56. The monoisotopic (exact) mass is 464 g/mol. The van der Waals surface area contributed by atoms with Gasteiger partial charge in [-0.05, 0) is 67.3 Å². The Hall–Kier alpha value is -4.12. The van der Waals surface area contributed by atoms with Gasteiger partial charge in [-0.1, -0.05) is 19.1 Å². The van der Waals surface area contributed by atoms with E-state index < -0.39 is 29.1 Å². The summed E-state index contributed by atoms with van der Waals surface area (Å²) in [5.74, 6) is -0.557. The van der Waals surface area contributed by atoms with Crippen molar-refractivity contribution in [3.8, 4) is 23.4 Å². The maximum Gasteiger partial charge on any atom is 0.271 e. The number of ether oxygens (including phenoxy) is 2. The van der Waals surface area contributed by atoms with Gasteiger partial charge in [-0.25, -0.2) is 4.39 Å². The van der Waals surface area contributed by atoms with Gasteiger partial charge in [0, 0.05) is 6.54 Å². The zero-order valence-electron chi connectivity index (χ0n) is 19.2. The van der Waals surface area contributed by atoms with E-state index in [1.54, 1.807) is 26.2 Å². The Morgan fingerprint density at radius 1 is 1.15 bits per heavy atom. The smallest absolute Gasteiger partial charge is 0.271 e. The Morgan fingerprint density at radius 3 is 2.32 bits per heavy atom. The summed E-state index contributed by atoms with van der Waals surface area (Å²) >= 11 is 0. The third-order valence-electron chi connectivity index (χ3n) is 5.58. The highest BCUT2D eigenvalue weighted by Crippen LogP contribution is 2.26. The van der Waals surface area contributed by atoms with Gasteiger partial charge in [0.2, 0.25) is 11.7 Å². The van der Waals surface area contributed by atoms with Crippen LogP contribution in [0.25, 0.3) is 0 Å². The molecule has 1 heterocycles. The van der Waals surface area contributed by atoms with E-state index in [4.69, 9.17) is 9.47 Å². The quantitative estimate of drug-likeness (QED) is 0.477. The number of ketones is 1. The van der Waals surface area contributed by atoms with Crippen LogP contribution in [0.3, 0.4) is 0 Å². The first-order valence-corrected chi connectivity index (χ1v) is 10.8. The van der Waals surface area contributed by atoms with Crippen LogP contribution in [0.4, 0.5) is 4.39 Å². The third-order valence-corrected chi connectivity index (χ3v) is 5.58. The topological polar surface area (TPSA) is 102 Å². The zero-order chi connectivity index (χ0) is 24.8. The standard InChI is InChI=1S/C26H25FN2O5/c1-4-22(34-20-11-7-18(27)8-12-20)24(30)23-16(2)21(15-28)25(31)29(26(23)32)14-13-17-5-9-19(33-3)10-6-17/h5-12,22,32H,4,13-14H2,1-3H3. The average molecular weight is 464 g/mol. The predicted octanol–water partition coefficient (Wildman–Crippen LogP) is 4.16. The fraction of sp³-hybridized carbons (Fsp3) is 0.269. The highest BCUT2D eigenvalue weighted by Gasteiger charge is 2.29. The van der Waals surface area contributed by atoms with Gasteiger partial charge in [-0.2, -0.15) is 5.26 Å². The number of carbonyl (C=O) groups excluding carboxylic acids is 1. The number of nitrogens with zero attached hydrogens (tertiary/aromatic N) is 2. The molecule has 3 rings (SSSR count). The molecule has 8 heteroatoms. The van der Waals surface area contributed by atoms with Gasteiger partial charge in [0.25, 0.3) is 5.56 Å². The predicted molar refractivity (Wildman–Crippen MR) is 124 cm³/mol. The summed E-state index contributed by atoms with van der Waals surface area (Å²) in [5, 5.41) is 20.5. The summed E-state index contributed by atoms with van der Waals surface area (Å²) in [5.41, 5.74) is -0.0515. The van der Waals surface area contributed by atoms with Crippen LogP contribution >= 0.6 is 0 Å². The SMILES string of the molecule is CCC(Oc1ccc(F)cc1)C(=O)c1c(C)c(C#N)c(=O)n(CCc2ccc(OC)cc2)c1O. The molecule has 34 heavy (non-hydrogen) atoms. The van der Waals surface area contributed by atoms with E-state index >= 15 is 0 Å². The Kier molecular flexibility index (Phi) is 7.69. The maximum atomic E-state index is 13.4. The molecule has 0 radical (unpaired) electrons. The van der Waals surface area contributed by atoms with Crippen molar-refractivity contribution < 1.29 is 23.8 Å². The largest absolute Gasteiger partial charge is 0.497 e. The van der Waals surface area contributed by atoms with Gasteiger partial charge in [0.05, 0.1) is 12.7 Å². The fourth-order valence-electron chi connectivity index (χ4n) is 3.65. The number of halogens is 1. The van der Waals surface area contributed by atoms with E-state index in [9.17, 15) is 24.3 Å². The summed E-state index contributed by atoms with van der Waals surface area (Å²) < 4.78 is 25.1. The second-order valence-corrected chi connectivity index (χ2v) is 7.70. The minimum atomic E-state index is -1.01. The normalized spacial score (nSPS) is 11.5. The summed E-state index contributed by atoms with van der Waals surface area (Å²) in [6.45, 7) is 3.23. The van der Waals surface area contributed by atoms with E-state index in [2.05, 4.69) is 0 Å². The zero-order valence-corrected chi connectivity index (χ0v) is 19.2. The first-order valence-electron chi connectivity index (χ1n) is 10.8. The average Bonchev–Trinajstić information content (AvgIpc) is 2.84. The molecular weight excluding hydrogens is 439 g/mol. The Balaban J connectivity index is 1.97. The Labute approximate surface area is 196 Å². The van der Waals surface area contributed by atoms with Crippen LogP contribution in [-0.2, 0) is 13.0 Å². The minimum absolute atomic E-state index is 0.0574. The second kappa shape index (κ2) is 10.7. The van der Waals surface area contributed by atoms with Gasteiger partial charge in [0.1, 0.15) is 28.9 Å². The van der Waals surface area contributed by atoms with Crippen molar-refractivity contribution in [2.24, 2.45) is 0 Å². The molecule has 0 saturated carbocycles. The van der Waals surface area contributed by atoms with Crippen molar-refractivity contribution in [3.05, 3.63) is 87.0 Å². The fourth-order valence-corrected chi connectivity index (χ4v) is 3.65. The molecule has 2 aromatic carbocycles. The molecule has 176 valence electrons. The van der Waals surface area contributed by atoms with Crippen molar-refractivity contribution in [2.45, 2.75) is 39.3 Å². The van der Waals surface area contributed by atoms with Crippen LogP contribution in [0, 0.1) is 24.1 Å². The van der Waals surface area contributed by atoms with Crippen molar-refractivity contribution in [1.29, 1.82) is 5.26 Å².